The number of carboxylic acid groups (broad SMARTS) is 1. The molecule has 1 aromatic heterocycles. The molecule has 0 unspecified atom stereocenters. The number of aryl methyl sites for hydroxylation is 1. The summed E-state index contributed by atoms with van der Waals surface area (Å²) in [6.45, 7) is 3.04. The molecule has 100 valence electrons. The van der Waals surface area contributed by atoms with Crippen molar-refractivity contribution in [2.45, 2.75) is 23.6 Å². The second-order valence-electron chi connectivity index (χ2n) is 4.20. The fourth-order valence-corrected chi connectivity index (χ4v) is 3.78. The first-order chi connectivity index (χ1) is 8.85. The van der Waals surface area contributed by atoms with Gasteiger partial charge in [0.15, 0.2) is 0 Å². The zero-order valence-corrected chi connectivity index (χ0v) is 11.3. The minimum Gasteiger partial charge on any atom is -0.477 e. The molecule has 0 aliphatic carbocycles. The zero-order chi connectivity index (χ0) is 14.2. The van der Waals surface area contributed by atoms with Crippen LogP contribution >= 0.6 is 0 Å². The highest BCUT2D eigenvalue weighted by Gasteiger charge is 2.27. The summed E-state index contributed by atoms with van der Waals surface area (Å²) in [5.74, 6) is -1.17. The van der Waals surface area contributed by atoms with Crippen LogP contribution in [-0.4, -0.2) is 24.5 Å². The zero-order valence-electron chi connectivity index (χ0n) is 10.5. The van der Waals surface area contributed by atoms with Crippen LogP contribution in [0.15, 0.2) is 40.1 Å². The van der Waals surface area contributed by atoms with Gasteiger partial charge in [-0.05, 0) is 26.0 Å². The van der Waals surface area contributed by atoms with Crippen molar-refractivity contribution in [3.8, 4) is 0 Å². The molecule has 0 bridgehead atoms. The second kappa shape index (κ2) is 4.55. The predicted octanol–water partition coefficient (Wildman–Crippen LogP) is 2.16. The first-order valence-electron chi connectivity index (χ1n) is 5.58. The van der Waals surface area contributed by atoms with Crippen LogP contribution in [0.25, 0.3) is 0 Å². The van der Waals surface area contributed by atoms with E-state index in [-0.39, 0.29) is 21.0 Å². The van der Waals surface area contributed by atoms with Gasteiger partial charge < -0.3 is 10.1 Å². The monoisotopic (exact) mass is 279 g/mol. The van der Waals surface area contributed by atoms with Crippen LogP contribution in [0, 0.1) is 13.8 Å². The van der Waals surface area contributed by atoms with E-state index in [2.05, 4.69) is 4.98 Å². The molecule has 0 saturated carbocycles. The number of H-pyrrole nitrogens is 1. The number of carboxylic acids is 1. The van der Waals surface area contributed by atoms with Crippen LogP contribution in [0.4, 0.5) is 0 Å². The minimum atomic E-state index is -3.71. The Morgan fingerprint density at radius 3 is 2.21 bits per heavy atom. The molecular weight excluding hydrogens is 266 g/mol. The molecule has 0 radical (unpaired) electrons. The van der Waals surface area contributed by atoms with Crippen molar-refractivity contribution in [2.24, 2.45) is 0 Å². The molecule has 0 saturated heterocycles. The maximum absolute atomic E-state index is 12.5. The molecule has 2 N–H and O–H groups in total. The topological polar surface area (TPSA) is 87.2 Å². The maximum Gasteiger partial charge on any atom is 0.352 e. The largest absolute Gasteiger partial charge is 0.477 e. The summed E-state index contributed by atoms with van der Waals surface area (Å²) in [5.41, 5.74) is 0.472. The van der Waals surface area contributed by atoms with Gasteiger partial charge in [0.25, 0.3) is 0 Å². The van der Waals surface area contributed by atoms with E-state index in [0.29, 0.717) is 5.69 Å². The third-order valence-electron chi connectivity index (χ3n) is 2.90. The predicted molar refractivity (Wildman–Crippen MR) is 69.1 cm³/mol. The second-order valence-corrected chi connectivity index (χ2v) is 6.09. The fourth-order valence-electron chi connectivity index (χ4n) is 2.07. The van der Waals surface area contributed by atoms with Crippen molar-refractivity contribution in [2.75, 3.05) is 0 Å². The number of aromatic amines is 1. The first-order valence-corrected chi connectivity index (χ1v) is 7.06. The number of nitrogens with one attached hydrogen (secondary N) is 1. The van der Waals surface area contributed by atoms with E-state index in [9.17, 15) is 13.2 Å². The molecule has 6 heteroatoms. The van der Waals surface area contributed by atoms with E-state index < -0.39 is 15.8 Å². The van der Waals surface area contributed by atoms with Gasteiger partial charge in [0, 0.05) is 11.3 Å². The molecule has 0 fully saturated rings. The molecule has 19 heavy (non-hydrogen) atoms. The van der Waals surface area contributed by atoms with E-state index in [0.717, 1.165) is 0 Å². The van der Waals surface area contributed by atoms with Crippen LogP contribution in [0.1, 0.15) is 21.7 Å². The Morgan fingerprint density at radius 1 is 1.16 bits per heavy atom. The van der Waals surface area contributed by atoms with E-state index in [4.69, 9.17) is 5.11 Å². The van der Waals surface area contributed by atoms with Gasteiger partial charge in [0.1, 0.15) is 5.69 Å². The lowest BCUT2D eigenvalue weighted by Crippen LogP contribution is -2.05. The van der Waals surface area contributed by atoms with Crippen molar-refractivity contribution in [1.29, 1.82) is 0 Å². The summed E-state index contributed by atoms with van der Waals surface area (Å²) < 4.78 is 25.0. The van der Waals surface area contributed by atoms with Gasteiger partial charge in [-0.2, -0.15) is 0 Å². The molecule has 0 amide bonds. The number of rotatable bonds is 3. The van der Waals surface area contributed by atoms with E-state index >= 15 is 0 Å². The number of hydrogen-bond donors (Lipinski definition) is 2. The third kappa shape index (κ3) is 2.15. The first kappa shape index (κ1) is 13.4. The van der Waals surface area contributed by atoms with Crippen molar-refractivity contribution >= 4 is 15.8 Å². The normalized spacial score (nSPS) is 11.5. The average molecular weight is 279 g/mol. The van der Waals surface area contributed by atoms with Crippen molar-refractivity contribution in [3.05, 3.63) is 47.3 Å². The van der Waals surface area contributed by atoms with Gasteiger partial charge in [-0.25, -0.2) is 13.2 Å². The molecule has 1 aromatic carbocycles. The Balaban J connectivity index is 2.70. The molecule has 2 rings (SSSR count). The van der Waals surface area contributed by atoms with Gasteiger partial charge in [-0.1, -0.05) is 18.2 Å². The number of carbonyl (C=O) groups is 1. The van der Waals surface area contributed by atoms with Gasteiger partial charge >= 0.3 is 5.97 Å². The minimum absolute atomic E-state index is 0.0381. The summed E-state index contributed by atoms with van der Waals surface area (Å²) in [4.78, 5) is 13.8. The number of aromatic carboxylic acids is 1. The summed E-state index contributed by atoms with van der Waals surface area (Å²) in [6.07, 6.45) is 0. The van der Waals surface area contributed by atoms with Crippen molar-refractivity contribution in [3.63, 3.8) is 0 Å². The van der Waals surface area contributed by atoms with Crippen molar-refractivity contribution in [1.82, 2.24) is 4.98 Å². The fraction of sp³-hybridized carbons (Fsp3) is 0.154. The lowest BCUT2D eigenvalue weighted by molar-refractivity contribution is 0.0690. The standard InChI is InChI=1S/C13H13NO4S/c1-8-11(13(15)16)14-9(2)12(8)19(17,18)10-6-4-3-5-7-10/h3-7,14H,1-2H3,(H,15,16). The summed E-state index contributed by atoms with van der Waals surface area (Å²) in [6, 6.07) is 7.95. The Labute approximate surface area is 110 Å². The molecule has 0 atom stereocenters. The highest BCUT2D eigenvalue weighted by atomic mass is 32.2. The summed E-state index contributed by atoms with van der Waals surface area (Å²) in [5, 5.41) is 9.01. The summed E-state index contributed by atoms with van der Waals surface area (Å²) in [7, 11) is -3.71. The third-order valence-corrected chi connectivity index (χ3v) is 4.95. The Morgan fingerprint density at radius 2 is 1.74 bits per heavy atom. The van der Waals surface area contributed by atoms with Crippen LogP contribution in [-0.2, 0) is 9.84 Å². The van der Waals surface area contributed by atoms with Gasteiger partial charge in [-0.15, -0.1) is 0 Å². The maximum atomic E-state index is 12.5. The van der Waals surface area contributed by atoms with Crippen LogP contribution in [0.5, 0.6) is 0 Å². The van der Waals surface area contributed by atoms with E-state index in [1.807, 2.05) is 0 Å². The average Bonchev–Trinajstić information content (AvgIpc) is 2.66. The summed E-state index contributed by atoms with van der Waals surface area (Å²) >= 11 is 0. The Kier molecular flexibility index (Phi) is 3.20. The molecule has 0 spiro atoms. The molecule has 0 aliphatic heterocycles. The van der Waals surface area contributed by atoms with Gasteiger partial charge in [0.2, 0.25) is 9.84 Å². The smallest absolute Gasteiger partial charge is 0.352 e. The Hall–Kier alpha value is -2.08. The Bertz CT molecular complexity index is 730. The SMILES string of the molecule is Cc1[nH]c(C(=O)O)c(C)c1S(=O)(=O)c1ccccc1. The van der Waals surface area contributed by atoms with E-state index in [1.54, 1.807) is 25.1 Å². The van der Waals surface area contributed by atoms with Gasteiger partial charge in [0.05, 0.1) is 9.79 Å². The van der Waals surface area contributed by atoms with Crippen LogP contribution < -0.4 is 0 Å². The number of benzene rings is 1. The van der Waals surface area contributed by atoms with E-state index in [1.165, 1.54) is 19.1 Å². The number of hydrogen-bond acceptors (Lipinski definition) is 3. The lowest BCUT2D eigenvalue weighted by atomic mass is 10.2. The van der Waals surface area contributed by atoms with Crippen LogP contribution in [0.2, 0.25) is 0 Å². The molecular formula is C13H13NO4S. The molecule has 1 heterocycles. The molecule has 5 nitrogen and oxygen atoms in total. The highest BCUT2D eigenvalue weighted by Crippen LogP contribution is 2.28. The van der Waals surface area contributed by atoms with Crippen molar-refractivity contribution < 1.29 is 18.3 Å². The van der Waals surface area contributed by atoms with Crippen LogP contribution in [0.3, 0.4) is 0 Å². The molecule has 2 aromatic rings. The highest BCUT2D eigenvalue weighted by molar-refractivity contribution is 7.91. The lowest BCUT2D eigenvalue weighted by Gasteiger charge is -2.05. The quantitative estimate of drug-likeness (QED) is 0.901. The molecule has 0 aliphatic rings. The van der Waals surface area contributed by atoms with Gasteiger partial charge in [-0.3, -0.25) is 0 Å². The number of aromatic nitrogens is 1. The number of sulfone groups is 1.